The predicted molar refractivity (Wildman–Crippen MR) is 175 cm³/mol. The van der Waals surface area contributed by atoms with E-state index < -0.39 is 5.41 Å². The summed E-state index contributed by atoms with van der Waals surface area (Å²) in [7, 11) is 0. The first-order valence-electron chi connectivity index (χ1n) is 14.8. The van der Waals surface area contributed by atoms with E-state index in [4.69, 9.17) is 19.4 Å². The Labute approximate surface area is 254 Å². The zero-order chi connectivity index (χ0) is 29.1. The molecule has 0 aliphatic heterocycles. The molecule has 0 saturated heterocycles. The highest BCUT2D eigenvalue weighted by Crippen LogP contribution is 2.55. The third kappa shape index (κ3) is 3.48. The molecule has 0 N–H and O–H groups in total. The van der Waals surface area contributed by atoms with Crippen LogP contribution in [0.5, 0.6) is 0 Å². The smallest absolute Gasteiger partial charge is 0.164 e. The highest BCUT2D eigenvalue weighted by atomic mass is 16.3. The van der Waals surface area contributed by atoms with Crippen molar-refractivity contribution in [3.63, 3.8) is 0 Å². The van der Waals surface area contributed by atoms with E-state index in [-0.39, 0.29) is 0 Å². The molecule has 0 unspecified atom stereocenters. The number of rotatable bonds is 4. The summed E-state index contributed by atoms with van der Waals surface area (Å²) < 4.78 is 6.27. The summed E-state index contributed by atoms with van der Waals surface area (Å²) in [5.74, 6) is 1.94. The van der Waals surface area contributed by atoms with E-state index in [1.165, 1.54) is 11.1 Å². The first kappa shape index (κ1) is 24.7. The Hall–Kier alpha value is -5.87. The number of hydrogen-bond acceptors (Lipinski definition) is 4. The zero-order valence-corrected chi connectivity index (χ0v) is 23.7. The van der Waals surface area contributed by atoms with Gasteiger partial charge in [0.1, 0.15) is 16.6 Å². The quantitative estimate of drug-likeness (QED) is 0.214. The summed E-state index contributed by atoms with van der Waals surface area (Å²) in [4.78, 5) is 15.9. The van der Waals surface area contributed by atoms with Gasteiger partial charge in [-0.2, -0.15) is 0 Å². The highest BCUT2D eigenvalue weighted by molar-refractivity contribution is 6.11. The molecule has 2 heterocycles. The summed E-state index contributed by atoms with van der Waals surface area (Å²) in [5.41, 5.74) is 8.57. The minimum absolute atomic E-state index is 0.614. The van der Waals surface area contributed by atoms with Gasteiger partial charge in [0.05, 0.1) is 0 Å². The van der Waals surface area contributed by atoms with Gasteiger partial charge in [-0.05, 0) is 39.9 Å². The van der Waals surface area contributed by atoms with E-state index >= 15 is 0 Å². The third-order valence-corrected chi connectivity index (χ3v) is 8.81. The average Bonchev–Trinajstić information content (AvgIpc) is 3.63. The van der Waals surface area contributed by atoms with E-state index in [0.717, 1.165) is 49.8 Å². The number of hydrogen-bond donors (Lipinski definition) is 0. The van der Waals surface area contributed by atoms with Crippen molar-refractivity contribution in [2.75, 3.05) is 0 Å². The number of benzene rings is 6. The first-order chi connectivity index (χ1) is 21.8. The molecule has 0 saturated carbocycles. The predicted octanol–water partition coefficient (Wildman–Crippen LogP) is 9.47. The minimum atomic E-state index is -0.748. The molecule has 0 spiro atoms. The lowest BCUT2D eigenvalue weighted by molar-refractivity contribution is 0.669. The van der Waals surface area contributed by atoms with Crippen LogP contribution in [0.1, 0.15) is 22.5 Å². The van der Waals surface area contributed by atoms with Crippen molar-refractivity contribution in [3.8, 4) is 33.9 Å². The second-order valence-electron chi connectivity index (χ2n) is 11.2. The largest absolute Gasteiger partial charge is 0.456 e. The summed E-state index contributed by atoms with van der Waals surface area (Å²) in [6.45, 7) is 0. The van der Waals surface area contributed by atoms with Crippen LogP contribution in [-0.2, 0) is 5.41 Å². The molecule has 206 valence electrons. The van der Waals surface area contributed by atoms with Crippen molar-refractivity contribution < 1.29 is 4.42 Å². The Morgan fingerprint density at radius 3 is 1.75 bits per heavy atom. The number of furan rings is 1. The molecule has 9 rings (SSSR count). The lowest BCUT2D eigenvalue weighted by atomic mass is 9.71. The SMILES string of the molecule is c1ccc(-c2nc(-c3cccc4oc5ccccc5c34)nc(C3(c4ccccc4)c4ccccc4-c4ccccc43)n2)cc1. The Bertz CT molecular complexity index is 2300. The maximum absolute atomic E-state index is 6.27. The fourth-order valence-corrected chi connectivity index (χ4v) is 6.95. The topological polar surface area (TPSA) is 51.8 Å². The van der Waals surface area contributed by atoms with Gasteiger partial charge in [0.2, 0.25) is 0 Å². The van der Waals surface area contributed by atoms with E-state index in [2.05, 4.69) is 103 Å². The molecule has 44 heavy (non-hydrogen) atoms. The fourth-order valence-electron chi connectivity index (χ4n) is 6.95. The second-order valence-corrected chi connectivity index (χ2v) is 11.2. The minimum Gasteiger partial charge on any atom is -0.456 e. The summed E-state index contributed by atoms with van der Waals surface area (Å²) >= 11 is 0. The molecule has 0 bridgehead atoms. The lowest BCUT2D eigenvalue weighted by Gasteiger charge is -2.32. The molecular formula is C40H25N3O. The normalized spacial score (nSPS) is 13.2. The van der Waals surface area contributed by atoms with Crippen LogP contribution < -0.4 is 0 Å². The van der Waals surface area contributed by atoms with E-state index in [1.807, 2.05) is 48.5 Å². The van der Waals surface area contributed by atoms with Crippen LogP contribution in [0.4, 0.5) is 0 Å². The summed E-state index contributed by atoms with van der Waals surface area (Å²) in [5, 5.41) is 2.04. The molecule has 0 amide bonds. The fraction of sp³-hybridized carbons (Fsp3) is 0.0250. The highest BCUT2D eigenvalue weighted by Gasteiger charge is 2.48. The van der Waals surface area contributed by atoms with Gasteiger partial charge in [-0.1, -0.05) is 140 Å². The van der Waals surface area contributed by atoms with E-state index in [0.29, 0.717) is 17.5 Å². The van der Waals surface area contributed by atoms with Gasteiger partial charge in [0, 0.05) is 21.9 Å². The Morgan fingerprint density at radius 1 is 0.432 bits per heavy atom. The van der Waals surface area contributed by atoms with Gasteiger partial charge in [-0.3, -0.25) is 0 Å². The third-order valence-electron chi connectivity index (χ3n) is 8.81. The number of nitrogens with zero attached hydrogens (tertiary/aromatic N) is 3. The zero-order valence-electron chi connectivity index (χ0n) is 23.7. The van der Waals surface area contributed by atoms with Crippen molar-refractivity contribution in [2.45, 2.75) is 5.41 Å². The van der Waals surface area contributed by atoms with Crippen molar-refractivity contribution in [2.24, 2.45) is 0 Å². The number of fused-ring (bicyclic) bond motifs is 6. The van der Waals surface area contributed by atoms with Crippen LogP contribution in [0.2, 0.25) is 0 Å². The maximum atomic E-state index is 6.27. The molecule has 4 heteroatoms. The van der Waals surface area contributed by atoms with E-state index in [1.54, 1.807) is 0 Å². The molecule has 0 radical (unpaired) electrons. The molecule has 0 fully saturated rings. The van der Waals surface area contributed by atoms with Gasteiger partial charge in [0.15, 0.2) is 17.5 Å². The molecule has 6 aromatic carbocycles. The molecule has 0 atom stereocenters. The molecule has 8 aromatic rings. The van der Waals surface area contributed by atoms with Crippen molar-refractivity contribution in [1.82, 2.24) is 15.0 Å². The lowest BCUT2D eigenvalue weighted by Crippen LogP contribution is -2.31. The maximum Gasteiger partial charge on any atom is 0.164 e. The summed E-state index contributed by atoms with van der Waals surface area (Å²) in [6.07, 6.45) is 0. The Morgan fingerprint density at radius 2 is 1.00 bits per heavy atom. The van der Waals surface area contributed by atoms with Gasteiger partial charge >= 0.3 is 0 Å². The Balaban J connectivity index is 1.43. The van der Waals surface area contributed by atoms with Crippen molar-refractivity contribution >= 4 is 21.9 Å². The standard InChI is InChI=1S/C40H25N3O/c1-3-14-26(15-4-1)37-41-38(31-21-13-25-35-36(31)30-20-9-12-24-34(30)44-35)43-39(42-37)40(27-16-5-2-6-17-27)32-22-10-7-18-28(32)29-19-8-11-23-33(29)40/h1-25H. The van der Waals surface area contributed by atoms with Gasteiger partial charge in [0.25, 0.3) is 0 Å². The molecule has 4 nitrogen and oxygen atoms in total. The van der Waals surface area contributed by atoms with Gasteiger partial charge < -0.3 is 4.42 Å². The van der Waals surface area contributed by atoms with Crippen LogP contribution in [0.15, 0.2) is 156 Å². The van der Waals surface area contributed by atoms with Crippen LogP contribution in [0.25, 0.3) is 55.8 Å². The Kier molecular flexibility index (Phi) is 5.38. The van der Waals surface area contributed by atoms with Gasteiger partial charge in [-0.15, -0.1) is 0 Å². The van der Waals surface area contributed by atoms with Crippen LogP contribution in [0, 0.1) is 0 Å². The molecule has 1 aliphatic carbocycles. The van der Waals surface area contributed by atoms with Crippen molar-refractivity contribution in [1.29, 1.82) is 0 Å². The molecule has 1 aliphatic rings. The second kappa shape index (κ2) is 9.58. The number of para-hydroxylation sites is 1. The molecular weight excluding hydrogens is 538 g/mol. The van der Waals surface area contributed by atoms with Gasteiger partial charge in [-0.25, -0.2) is 15.0 Å². The van der Waals surface area contributed by atoms with Crippen LogP contribution in [0.3, 0.4) is 0 Å². The number of aromatic nitrogens is 3. The first-order valence-corrected chi connectivity index (χ1v) is 14.8. The average molecular weight is 564 g/mol. The van der Waals surface area contributed by atoms with Crippen molar-refractivity contribution in [3.05, 3.63) is 174 Å². The van der Waals surface area contributed by atoms with Crippen LogP contribution in [-0.4, -0.2) is 15.0 Å². The van der Waals surface area contributed by atoms with Crippen LogP contribution >= 0.6 is 0 Å². The molecule has 2 aromatic heterocycles. The summed E-state index contributed by atoms with van der Waals surface area (Å²) in [6, 6.07) is 52.3. The van der Waals surface area contributed by atoms with E-state index in [9.17, 15) is 0 Å². The monoisotopic (exact) mass is 563 g/mol.